The lowest BCUT2D eigenvalue weighted by Gasteiger charge is -2.08. The number of guanidine groups is 1. The molecule has 100 valence electrons. The first kappa shape index (κ1) is 15.1. The standard InChI is InChI=1S/C15H17N3.ClH/c1-11-7-3-5-9-13(11)17-15(16)18-14-10-6-4-8-12(14)2;/h3-10H,1-2H3,(H3,16,17,18);1H. The Labute approximate surface area is 120 Å². The van der Waals surface area contributed by atoms with Gasteiger partial charge in [-0.1, -0.05) is 36.4 Å². The molecule has 4 heteroatoms. The van der Waals surface area contributed by atoms with Gasteiger partial charge in [0.15, 0.2) is 5.96 Å². The molecule has 2 aromatic rings. The van der Waals surface area contributed by atoms with Gasteiger partial charge in [0.1, 0.15) is 0 Å². The maximum Gasteiger partial charge on any atom is 0.198 e. The van der Waals surface area contributed by atoms with Crippen molar-refractivity contribution in [3.8, 4) is 0 Å². The van der Waals surface area contributed by atoms with Crippen LogP contribution in [0.3, 0.4) is 0 Å². The fourth-order valence-electron chi connectivity index (χ4n) is 1.70. The molecule has 0 radical (unpaired) electrons. The van der Waals surface area contributed by atoms with E-state index in [4.69, 9.17) is 5.73 Å². The molecule has 2 rings (SSSR count). The van der Waals surface area contributed by atoms with Crippen LogP contribution in [-0.2, 0) is 0 Å². The maximum atomic E-state index is 5.91. The van der Waals surface area contributed by atoms with Crippen LogP contribution in [0.25, 0.3) is 0 Å². The van der Waals surface area contributed by atoms with Crippen LogP contribution in [0.5, 0.6) is 0 Å². The molecular formula is C15H18ClN3. The predicted molar refractivity (Wildman–Crippen MR) is 84.5 cm³/mol. The number of nitrogens with zero attached hydrogens (tertiary/aromatic N) is 1. The summed E-state index contributed by atoms with van der Waals surface area (Å²) >= 11 is 0. The Bertz CT molecular complexity index is 579. The highest BCUT2D eigenvalue weighted by atomic mass is 35.5. The summed E-state index contributed by atoms with van der Waals surface area (Å²) in [5.41, 5.74) is 10.0. The van der Waals surface area contributed by atoms with Crippen molar-refractivity contribution in [1.29, 1.82) is 0 Å². The third-order valence-corrected chi connectivity index (χ3v) is 2.76. The summed E-state index contributed by atoms with van der Waals surface area (Å²) in [7, 11) is 0. The van der Waals surface area contributed by atoms with E-state index in [1.807, 2.05) is 62.4 Å². The van der Waals surface area contributed by atoms with E-state index in [-0.39, 0.29) is 12.4 Å². The van der Waals surface area contributed by atoms with Crippen LogP contribution in [0.15, 0.2) is 53.5 Å². The number of nitrogens with one attached hydrogen (secondary N) is 1. The monoisotopic (exact) mass is 275 g/mol. The van der Waals surface area contributed by atoms with E-state index in [0.717, 1.165) is 22.5 Å². The molecule has 0 atom stereocenters. The molecule has 0 aliphatic heterocycles. The molecule has 0 heterocycles. The molecule has 3 N–H and O–H groups in total. The number of halogens is 1. The largest absolute Gasteiger partial charge is 0.369 e. The molecule has 0 amide bonds. The van der Waals surface area contributed by atoms with Crippen LogP contribution in [0.2, 0.25) is 0 Å². The average Bonchev–Trinajstić information content (AvgIpc) is 2.35. The van der Waals surface area contributed by atoms with Gasteiger partial charge in [-0.15, -0.1) is 12.4 Å². The second kappa shape index (κ2) is 6.81. The Morgan fingerprint density at radius 2 is 1.53 bits per heavy atom. The molecule has 0 spiro atoms. The van der Waals surface area contributed by atoms with Crippen molar-refractivity contribution < 1.29 is 0 Å². The molecule has 0 fully saturated rings. The normalized spacial score (nSPS) is 10.7. The first-order valence-corrected chi connectivity index (χ1v) is 5.89. The quantitative estimate of drug-likeness (QED) is 0.647. The average molecular weight is 276 g/mol. The number of aryl methyl sites for hydroxylation is 2. The minimum Gasteiger partial charge on any atom is -0.369 e. The van der Waals surface area contributed by atoms with E-state index in [0.29, 0.717) is 5.96 Å². The highest BCUT2D eigenvalue weighted by Crippen LogP contribution is 2.18. The molecule has 0 aliphatic rings. The smallest absolute Gasteiger partial charge is 0.198 e. The Kier molecular flexibility index (Phi) is 5.39. The van der Waals surface area contributed by atoms with E-state index in [2.05, 4.69) is 10.3 Å². The second-order valence-corrected chi connectivity index (χ2v) is 4.22. The summed E-state index contributed by atoms with van der Waals surface area (Å²) in [5.74, 6) is 0.401. The second-order valence-electron chi connectivity index (χ2n) is 4.22. The lowest BCUT2D eigenvalue weighted by Crippen LogP contribution is -2.22. The van der Waals surface area contributed by atoms with Crippen molar-refractivity contribution in [2.24, 2.45) is 10.7 Å². The lowest BCUT2D eigenvalue weighted by atomic mass is 10.2. The zero-order chi connectivity index (χ0) is 13.0. The van der Waals surface area contributed by atoms with Crippen LogP contribution in [-0.4, -0.2) is 5.96 Å². The zero-order valence-corrected chi connectivity index (χ0v) is 11.9. The molecule has 0 saturated heterocycles. The summed E-state index contributed by atoms with van der Waals surface area (Å²) in [6.07, 6.45) is 0. The number of rotatable bonds is 2. The van der Waals surface area contributed by atoms with Crippen molar-refractivity contribution in [3.63, 3.8) is 0 Å². The summed E-state index contributed by atoms with van der Waals surface area (Å²) in [6, 6.07) is 15.9. The number of nitrogens with two attached hydrogens (primary N) is 1. The molecular weight excluding hydrogens is 258 g/mol. The van der Waals surface area contributed by atoms with Crippen molar-refractivity contribution in [1.82, 2.24) is 0 Å². The first-order valence-electron chi connectivity index (χ1n) is 5.89. The summed E-state index contributed by atoms with van der Waals surface area (Å²) in [6.45, 7) is 4.04. The number of hydrogen-bond donors (Lipinski definition) is 2. The summed E-state index contributed by atoms with van der Waals surface area (Å²) in [4.78, 5) is 4.38. The number of benzene rings is 2. The zero-order valence-electron chi connectivity index (χ0n) is 11.1. The van der Waals surface area contributed by atoms with Crippen molar-refractivity contribution in [3.05, 3.63) is 59.7 Å². The minimum absolute atomic E-state index is 0. The SMILES string of the molecule is Cc1ccccc1N=C(N)Nc1ccccc1C.Cl. The van der Waals surface area contributed by atoms with Crippen LogP contribution in [0.1, 0.15) is 11.1 Å². The molecule has 0 saturated carbocycles. The molecule has 0 bridgehead atoms. The van der Waals surface area contributed by atoms with Crippen LogP contribution < -0.4 is 11.1 Å². The van der Waals surface area contributed by atoms with Gasteiger partial charge in [-0.2, -0.15) is 0 Å². The summed E-state index contributed by atoms with van der Waals surface area (Å²) in [5, 5.41) is 3.11. The van der Waals surface area contributed by atoms with Gasteiger partial charge in [-0.25, -0.2) is 4.99 Å². The maximum absolute atomic E-state index is 5.91. The Hall–Kier alpha value is -2.00. The minimum atomic E-state index is 0. The molecule has 3 nitrogen and oxygen atoms in total. The molecule has 0 unspecified atom stereocenters. The van der Waals surface area contributed by atoms with E-state index in [9.17, 15) is 0 Å². The topological polar surface area (TPSA) is 50.4 Å². The Morgan fingerprint density at radius 3 is 2.16 bits per heavy atom. The van der Waals surface area contributed by atoms with E-state index in [1.165, 1.54) is 0 Å². The van der Waals surface area contributed by atoms with Gasteiger partial charge in [-0.3, -0.25) is 0 Å². The third kappa shape index (κ3) is 4.00. The van der Waals surface area contributed by atoms with Gasteiger partial charge in [0.25, 0.3) is 0 Å². The summed E-state index contributed by atoms with van der Waals surface area (Å²) < 4.78 is 0. The van der Waals surface area contributed by atoms with Crippen LogP contribution in [0.4, 0.5) is 11.4 Å². The van der Waals surface area contributed by atoms with E-state index in [1.54, 1.807) is 0 Å². The Balaban J connectivity index is 0.00000180. The molecule has 19 heavy (non-hydrogen) atoms. The van der Waals surface area contributed by atoms with Gasteiger partial charge >= 0.3 is 0 Å². The molecule has 0 aromatic heterocycles. The number of para-hydroxylation sites is 2. The van der Waals surface area contributed by atoms with Crippen molar-refractivity contribution in [2.45, 2.75) is 13.8 Å². The molecule has 2 aromatic carbocycles. The van der Waals surface area contributed by atoms with Crippen LogP contribution in [0, 0.1) is 13.8 Å². The van der Waals surface area contributed by atoms with Gasteiger partial charge in [0, 0.05) is 5.69 Å². The van der Waals surface area contributed by atoms with Gasteiger partial charge < -0.3 is 11.1 Å². The van der Waals surface area contributed by atoms with Gasteiger partial charge in [0.2, 0.25) is 0 Å². The van der Waals surface area contributed by atoms with Crippen LogP contribution >= 0.6 is 12.4 Å². The lowest BCUT2D eigenvalue weighted by molar-refractivity contribution is 1.36. The Morgan fingerprint density at radius 1 is 0.947 bits per heavy atom. The predicted octanol–water partition coefficient (Wildman–Crippen LogP) is 3.78. The fourth-order valence-corrected chi connectivity index (χ4v) is 1.70. The number of hydrogen-bond acceptors (Lipinski definition) is 1. The highest BCUT2D eigenvalue weighted by Gasteiger charge is 1.99. The third-order valence-electron chi connectivity index (χ3n) is 2.76. The number of aliphatic imine (C=N–C) groups is 1. The van der Waals surface area contributed by atoms with Gasteiger partial charge in [0.05, 0.1) is 5.69 Å². The molecule has 0 aliphatic carbocycles. The van der Waals surface area contributed by atoms with E-state index < -0.39 is 0 Å². The fraction of sp³-hybridized carbons (Fsp3) is 0.133. The first-order chi connectivity index (χ1) is 8.66. The van der Waals surface area contributed by atoms with Crippen molar-refractivity contribution >= 4 is 29.7 Å². The highest BCUT2D eigenvalue weighted by molar-refractivity contribution is 5.94. The van der Waals surface area contributed by atoms with E-state index >= 15 is 0 Å². The van der Waals surface area contributed by atoms with Crippen molar-refractivity contribution in [2.75, 3.05) is 5.32 Å². The number of anilines is 1. The van der Waals surface area contributed by atoms with Gasteiger partial charge in [-0.05, 0) is 37.1 Å².